The lowest BCUT2D eigenvalue weighted by molar-refractivity contribution is -0.138. The van der Waals surface area contributed by atoms with Gasteiger partial charge in [-0.25, -0.2) is 5.43 Å². The van der Waals surface area contributed by atoms with Gasteiger partial charge in [0.2, 0.25) is 12.7 Å². The molecule has 0 atom stereocenters. The fourth-order valence-corrected chi connectivity index (χ4v) is 2.44. The van der Waals surface area contributed by atoms with Crippen LogP contribution in [0, 0.1) is 0 Å². The largest absolute Gasteiger partial charge is 0.481 e. The molecule has 1 aliphatic heterocycles. The third-order valence-electron chi connectivity index (χ3n) is 3.81. The summed E-state index contributed by atoms with van der Waals surface area (Å²) < 4.78 is 15.6. The Balaban J connectivity index is 1.81. The highest BCUT2D eigenvalue weighted by Crippen LogP contribution is 2.37. The van der Waals surface area contributed by atoms with Gasteiger partial charge in [0.15, 0.2) is 17.3 Å². The van der Waals surface area contributed by atoms with Gasteiger partial charge in [0, 0.05) is 18.1 Å². The number of rotatable bonds is 7. The molecule has 0 bridgehead atoms. The van der Waals surface area contributed by atoms with Gasteiger partial charge in [0.1, 0.15) is 0 Å². The maximum absolute atomic E-state index is 12.0. The second-order valence-electron chi connectivity index (χ2n) is 5.81. The highest BCUT2D eigenvalue weighted by Gasteiger charge is 2.20. The number of carboxylic acid groups (broad SMARTS) is 1. The number of fused-ring (bicyclic) bond motifs is 1. The van der Waals surface area contributed by atoms with Crippen LogP contribution >= 0.6 is 0 Å². The van der Waals surface area contributed by atoms with E-state index in [1.165, 1.54) is 12.3 Å². The second kappa shape index (κ2) is 8.25. The molecule has 2 heterocycles. The molecular weight excluding hydrogens is 370 g/mol. The number of hydrogen-bond acceptors (Lipinski definition) is 7. The van der Waals surface area contributed by atoms with E-state index in [-0.39, 0.29) is 25.4 Å². The van der Waals surface area contributed by atoms with Crippen LogP contribution in [0.3, 0.4) is 0 Å². The fraction of sp³-hybridized carbons (Fsp3) is 0.222. The number of benzene rings is 1. The van der Waals surface area contributed by atoms with E-state index >= 15 is 0 Å². The zero-order chi connectivity index (χ0) is 20.1. The minimum Gasteiger partial charge on any atom is -0.481 e. The maximum Gasteiger partial charge on any atom is 0.307 e. The highest BCUT2D eigenvalue weighted by atomic mass is 16.7. The Morgan fingerprint density at radius 3 is 2.61 bits per heavy atom. The first kappa shape index (κ1) is 19.0. The molecule has 3 N–H and O–H groups in total. The number of anilines is 1. The SMILES string of the molecule is CC(=NNC(=O)c1ccco1)c1cc2c(cc1NC(=O)CCC(=O)O)OCO2. The highest BCUT2D eigenvalue weighted by molar-refractivity contribution is 6.08. The van der Waals surface area contributed by atoms with Crippen molar-refractivity contribution in [2.75, 3.05) is 12.1 Å². The van der Waals surface area contributed by atoms with Crippen LogP contribution in [-0.4, -0.2) is 35.4 Å². The minimum absolute atomic E-state index is 0.0383. The molecule has 146 valence electrons. The molecule has 10 nitrogen and oxygen atoms in total. The number of hydrazone groups is 1. The van der Waals surface area contributed by atoms with Crippen molar-refractivity contribution < 1.29 is 33.4 Å². The van der Waals surface area contributed by atoms with Crippen LogP contribution in [0.5, 0.6) is 11.5 Å². The number of carboxylic acids is 1. The Hall–Kier alpha value is -3.82. The third kappa shape index (κ3) is 4.47. The normalized spacial score (nSPS) is 12.5. The van der Waals surface area contributed by atoms with Gasteiger partial charge in [0.25, 0.3) is 0 Å². The number of nitrogens with zero attached hydrogens (tertiary/aromatic N) is 1. The van der Waals surface area contributed by atoms with E-state index in [9.17, 15) is 14.4 Å². The topological polar surface area (TPSA) is 139 Å². The van der Waals surface area contributed by atoms with E-state index in [0.717, 1.165) is 0 Å². The Morgan fingerprint density at radius 2 is 1.93 bits per heavy atom. The second-order valence-corrected chi connectivity index (χ2v) is 5.81. The molecule has 1 aromatic heterocycles. The number of furan rings is 1. The number of amides is 2. The van der Waals surface area contributed by atoms with Crippen LogP contribution in [0.15, 0.2) is 40.0 Å². The summed E-state index contributed by atoms with van der Waals surface area (Å²) in [5.74, 6) is -1.08. The third-order valence-corrected chi connectivity index (χ3v) is 3.81. The van der Waals surface area contributed by atoms with Crippen molar-refractivity contribution in [3.8, 4) is 11.5 Å². The summed E-state index contributed by atoms with van der Waals surface area (Å²) in [5.41, 5.74) is 3.58. The molecule has 2 aromatic rings. The summed E-state index contributed by atoms with van der Waals surface area (Å²) in [6.07, 6.45) is 0.890. The van der Waals surface area contributed by atoms with E-state index < -0.39 is 17.8 Å². The molecule has 1 aliphatic rings. The van der Waals surface area contributed by atoms with E-state index in [1.54, 1.807) is 25.1 Å². The van der Waals surface area contributed by atoms with Crippen molar-refractivity contribution in [2.45, 2.75) is 19.8 Å². The van der Waals surface area contributed by atoms with E-state index in [0.29, 0.717) is 28.5 Å². The molecule has 10 heteroatoms. The van der Waals surface area contributed by atoms with Crippen LogP contribution in [0.2, 0.25) is 0 Å². The smallest absolute Gasteiger partial charge is 0.307 e. The van der Waals surface area contributed by atoms with Crippen molar-refractivity contribution in [1.29, 1.82) is 0 Å². The quantitative estimate of drug-likeness (QED) is 0.487. The molecule has 0 saturated carbocycles. The summed E-state index contributed by atoms with van der Waals surface area (Å²) in [5, 5.41) is 15.4. The van der Waals surface area contributed by atoms with Gasteiger partial charge in [0.05, 0.1) is 24.1 Å². The molecule has 0 saturated heterocycles. The van der Waals surface area contributed by atoms with Crippen LogP contribution in [-0.2, 0) is 9.59 Å². The Kier molecular flexibility index (Phi) is 5.58. The molecule has 0 spiro atoms. The molecule has 1 aromatic carbocycles. The van der Waals surface area contributed by atoms with Crippen LogP contribution in [0.1, 0.15) is 35.9 Å². The van der Waals surface area contributed by atoms with E-state index in [2.05, 4.69) is 15.8 Å². The Morgan fingerprint density at radius 1 is 1.18 bits per heavy atom. The number of aliphatic carboxylic acids is 1. The number of hydrogen-bond donors (Lipinski definition) is 3. The standard InChI is InChI=1S/C18H17N3O7/c1-10(20-21-18(25)13-3-2-6-26-13)11-7-14-15(28-9-27-14)8-12(11)19-16(22)4-5-17(23)24/h2-3,6-8H,4-5,9H2,1H3,(H,19,22)(H,21,25)(H,23,24). The molecule has 0 fully saturated rings. The summed E-state index contributed by atoms with van der Waals surface area (Å²) in [6, 6.07) is 6.25. The van der Waals surface area contributed by atoms with Gasteiger partial charge in [-0.1, -0.05) is 0 Å². The monoisotopic (exact) mass is 387 g/mol. The van der Waals surface area contributed by atoms with Crippen LogP contribution < -0.4 is 20.2 Å². The summed E-state index contributed by atoms with van der Waals surface area (Å²) in [7, 11) is 0. The molecule has 3 rings (SSSR count). The summed E-state index contributed by atoms with van der Waals surface area (Å²) in [6.45, 7) is 1.67. The van der Waals surface area contributed by atoms with Gasteiger partial charge in [-0.05, 0) is 25.1 Å². The number of nitrogens with one attached hydrogen (secondary N) is 2. The van der Waals surface area contributed by atoms with Crippen molar-refractivity contribution in [1.82, 2.24) is 5.43 Å². The summed E-state index contributed by atoms with van der Waals surface area (Å²) in [4.78, 5) is 34.7. The molecule has 0 aliphatic carbocycles. The maximum atomic E-state index is 12.0. The van der Waals surface area contributed by atoms with Crippen molar-refractivity contribution in [3.05, 3.63) is 41.9 Å². The van der Waals surface area contributed by atoms with Crippen LogP contribution in [0.25, 0.3) is 0 Å². The lowest BCUT2D eigenvalue weighted by atomic mass is 10.1. The molecular formula is C18H17N3O7. The van der Waals surface area contributed by atoms with E-state index in [4.69, 9.17) is 19.0 Å². The molecule has 0 radical (unpaired) electrons. The molecule has 2 amide bonds. The van der Waals surface area contributed by atoms with Gasteiger partial charge >= 0.3 is 11.9 Å². The Labute approximate surface area is 159 Å². The van der Waals surface area contributed by atoms with Gasteiger partial charge in [-0.15, -0.1) is 0 Å². The van der Waals surface area contributed by atoms with E-state index in [1.807, 2.05) is 0 Å². The predicted molar refractivity (Wildman–Crippen MR) is 96.4 cm³/mol. The minimum atomic E-state index is -1.07. The molecule has 0 unspecified atom stereocenters. The molecule has 28 heavy (non-hydrogen) atoms. The lowest BCUT2D eigenvalue weighted by Crippen LogP contribution is -2.20. The van der Waals surface area contributed by atoms with Gasteiger partial charge in [-0.2, -0.15) is 5.10 Å². The number of ether oxygens (including phenoxy) is 2. The average molecular weight is 387 g/mol. The fourth-order valence-electron chi connectivity index (χ4n) is 2.44. The van der Waals surface area contributed by atoms with Crippen molar-refractivity contribution in [3.63, 3.8) is 0 Å². The zero-order valence-corrected chi connectivity index (χ0v) is 14.9. The first-order chi connectivity index (χ1) is 13.4. The first-order valence-electron chi connectivity index (χ1n) is 8.28. The number of carbonyl (C=O) groups excluding carboxylic acids is 2. The van der Waals surface area contributed by atoms with Gasteiger partial charge in [-0.3, -0.25) is 14.4 Å². The van der Waals surface area contributed by atoms with Gasteiger partial charge < -0.3 is 24.3 Å². The lowest BCUT2D eigenvalue weighted by Gasteiger charge is -2.12. The van der Waals surface area contributed by atoms with Crippen molar-refractivity contribution in [2.24, 2.45) is 5.10 Å². The average Bonchev–Trinajstić information content (AvgIpc) is 3.34. The first-order valence-corrected chi connectivity index (χ1v) is 8.28. The zero-order valence-electron chi connectivity index (χ0n) is 14.9. The Bertz CT molecular complexity index is 935. The number of carbonyl (C=O) groups is 3. The van der Waals surface area contributed by atoms with Crippen LogP contribution in [0.4, 0.5) is 5.69 Å². The van der Waals surface area contributed by atoms with Crippen molar-refractivity contribution >= 4 is 29.2 Å². The summed E-state index contributed by atoms with van der Waals surface area (Å²) >= 11 is 0. The predicted octanol–water partition coefficient (Wildman–Crippen LogP) is 1.97.